The molecule has 0 aromatic heterocycles. The van der Waals surface area contributed by atoms with Crippen molar-refractivity contribution in [1.29, 1.82) is 0 Å². The highest BCUT2D eigenvalue weighted by Gasteiger charge is 2.21. The van der Waals surface area contributed by atoms with Gasteiger partial charge in [-0.25, -0.2) is 13.1 Å². The van der Waals surface area contributed by atoms with Crippen molar-refractivity contribution in [2.45, 2.75) is 40.7 Å². The second-order valence-electron chi connectivity index (χ2n) is 4.59. The van der Waals surface area contributed by atoms with Crippen LogP contribution in [0.2, 0.25) is 0 Å². The van der Waals surface area contributed by atoms with E-state index in [9.17, 15) is 8.42 Å². The largest absolute Gasteiger partial charge is 0.213 e. The van der Waals surface area contributed by atoms with E-state index in [0.29, 0.717) is 0 Å². The number of hydrogen-bond acceptors (Lipinski definition) is 2. The van der Waals surface area contributed by atoms with E-state index in [1.54, 1.807) is 0 Å². The molecule has 74 valence electrons. The van der Waals surface area contributed by atoms with E-state index in [1.165, 1.54) is 0 Å². The van der Waals surface area contributed by atoms with E-state index in [4.69, 9.17) is 0 Å². The Balaban J connectivity index is 4.26. The van der Waals surface area contributed by atoms with Gasteiger partial charge in [-0.1, -0.05) is 20.8 Å². The molecule has 0 heterocycles. The lowest BCUT2D eigenvalue weighted by Crippen LogP contribution is -2.36. The zero-order chi connectivity index (χ0) is 9.99. The Morgan fingerprint density at radius 3 is 1.92 bits per heavy atom. The average Bonchev–Trinajstić information content (AvgIpc) is 1.48. The van der Waals surface area contributed by atoms with Gasteiger partial charge in [-0.15, -0.1) is 0 Å². The molecule has 0 radical (unpaired) electrons. The van der Waals surface area contributed by atoms with Crippen molar-refractivity contribution < 1.29 is 8.42 Å². The fourth-order valence-corrected chi connectivity index (χ4v) is 2.91. The number of rotatable bonds is 3. The summed E-state index contributed by atoms with van der Waals surface area (Å²) in [6.45, 7) is 9.37. The number of sulfonamides is 1. The first-order valence-corrected chi connectivity index (χ1v) is 5.78. The Bertz CT molecular complexity index is 224. The second-order valence-corrected chi connectivity index (χ2v) is 6.35. The molecular formula is C8H19NO2S. The number of hydrogen-bond donors (Lipinski definition) is 1. The van der Waals surface area contributed by atoms with Gasteiger partial charge in [0.1, 0.15) is 0 Å². The first-order valence-electron chi connectivity index (χ1n) is 4.12. The van der Waals surface area contributed by atoms with Gasteiger partial charge in [-0.05, 0) is 19.3 Å². The van der Waals surface area contributed by atoms with Crippen molar-refractivity contribution in [2.75, 3.05) is 5.75 Å². The summed E-state index contributed by atoms with van der Waals surface area (Å²) >= 11 is 0. The fraction of sp³-hybridized carbons (Fsp3) is 1.00. The summed E-state index contributed by atoms with van der Waals surface area (Å²) in [7, 11) is -3.09. The van der Waals surface area contributed by atoms with Crippen molar-refractivity contribution >= 4 is 10.0 Å². The van der Waals surface area contributed by atoms with E-state index in [-0.39, 0.29) is 17.2 Å². The van der Waals surface area contributed by atoms with Crippen molar-refractivity contribution in [3.8, 4) is 0 Å². The molecule has 12 heavy (non-hydrogen) atoms. The normalized spacial score (nSPS) is 13.8. The van der Waals surface area contributed by atoms with Gasteiger partial charge >= 0.3 is 0 Å². The molecule has 0 saturated carbocycles. The third kappa shape index (κ3) is 6.61. The molecule has 1 N–H and O–H groups in total. The topological polar surface area (TPSA) is 46.2 Å². The number of nitrogens with one attached hydrogen (secondary N) is 1. The zero-order valence-corrected chi connectivity index (χ0v) is 9.33. The lowest BCUT2D eigenvalue weighted by atomic mass is 10.0. The maximum absolute atomic E-state index is 11.3. The van der Waals surface area contributed by atoms with Crippen LogP contribution < -0.4 is 4.72 Å². The first-order chi connectivity index (χ1) is 5.12. The van der Waals surface area contributed by atoms with Crippen LogP contribution in [-0.2, 0) is 10.0 Å². The van der Waals surface area contributed by atoms with Gasteiger partial charge in [0.2, 0.25) is 10.0 Å². The molecule has 0 bridgehead atoms. The van der Waals surface area contributed by atoms with Crippen molar-refractivity contribution in [1.82, 2.24) is 4.72 Å². The van der Waals surface area contributed by atoms with E-state index in [0.717, 1.165) is 0 Å². The van der Waals surface area contributed by atoms with Crippen LogP contribution in [-0.4, -0.2) is 20.2 Å². The Kier molecular flexibility index (Phi) is 3.72. The molecule has 0 unspecified atom stereocenters. The summed E-state index contributed by atoms with van der Waals surface area (Å²) in [5, 5.41) is 0. The van der Waals surface area contributed by atoms with Gasteiger partial charge in [-0.2, -0.15) is 0 Å². The molecule has 0 aliphatic carbocycles. The minimum Gasteiger partial charge on any atom is -0.213 e. The van der Waals surface area contributed by atoms with Crippen LogP contribution in [0.25, 0.3) is 0 Å². The molecule has 3 nitrogen and oxygen atoms in total. The highest BCUT2D eigenvalue weighted by Crippen LogP contribution is 2.15. The van der Waals surface area contributed by atoms with Gasteiger partial charge in [0.25, 0.3) is 0 Å². The van der Waals surface area contributed by atoms with Crippen LogP contribution in [0.3, 0.4) is 0 Å². The first kappa shape index (κ1) is 11.9. The van der Waals surface area contributed by atoms with E-state index >= 15 is 0 Å². The minimum absolute atomic E-state index is 0.0163. The van der Waals surface area contributed by atoms with Crippen LogP contribution in [0.1, 0.15) is 34.6 Å². The van der Waals surface area contributed by atoms with Crippen molar-refractivity contribution in [3.05, 3.63) is 0 Å². The smallest absolute Gasteiger partial charge is 0.212 e. The molecule has 0 atom stereocenters. The maximum Gasteiger partial charge on any atom is 0.212 e. The third-order valence-corrected chi connectivity index (χ3v) is 3.11. The summed E-state index contributed by atoms with van der Waals surface area (Å²) < 4.78 is 25.2. The molecule has 0 fully saturated rings. The van der Waals surface area contributed by atoms with Crippen molar-refractivity contribution in [3.63, 3.8) is 0 Å². The highest BCUT2D eigenvalue weighted by atomic mass is 32.2. The van der Waals surface area contributed by atoms with Crippen LogP contribution in [0.15, 0.2) is 0 Å². The van der Waals surface area contributed by atoms with Gasteiger partial charge in [0.05, 0.1) is 5.75 Å². The summed E-state index contributed by atoms with van der Waals surface area (Å²) in [5.41, 5.74) is -0.180. The minimum atomic E-state index is -3.09. The van der Waals surface area contributed by atoms with Gasteiger partial charge in [-0.3, -0.25) is 0 Å². The molecule has 0 amide bonds. The highest BCUT2D eigenvalue weighted by molar-refractivity contribution is 7.89. The van der Waals surface area contributed by atoms with E-state index < -0.39 is 10.0 Å². The molecule has 0 saturated heterocycles. The predicted octanol–water partition coefficient (Wildman–Crippen LogP) is 1.36. The molecule has 0 aliphatic heterocycles. The molecule has 0 aliphatic rings. The second kappa shape index (κ2) is 3.75. The van der Waals surface area contributed by atoms with Crippen LogP contribution in [0.5, 0.6) is 0 Å². The van der Waals surface area contributed by atoms with Gasteiger partial charge in [0.15, 0.2) is 0 Å². The van der Waals surface area contributed by atoms with Crippen LogP contribution >= 0.6 is 0 Å². The molecular weight excluding hydrogens is 174 g/mol. The van der Waals surface area contributed by atoms with Crippen molar-refractivity contribution in [2.24, 2.45) is 5.41 Å². The van der Waals surface area contributed by atoms with Gasteiger partial charge < -0.3 is 0 Å². The van der Waals surface area contributed by atoms with E-state index in [1.807, 2.05) is 34.6 Å². The SMILES string of the molecule is CC(C)NS(=O)(=O)CC(C)(C)C. The molecule has 0 aromatic rings. The van der Waals surface area contributed by atoms with Gasteiger partial charge in [0, 0.05) is 6.04 Å². The molecule has 0 rings (SSSR count). The van der Waals surface area contributed by atoms with E-state index in [2.05, 4.69) is 4.72 Å². The summed E-state index contributed by atoms with van der Waals surface area (Å²) in [6, 6.07) is -0.0163. The predicted molar refractivity (Wildman–Crippen MR) is 51.5 cm³/mol. The van der Waals surface area contributed by atoms with Crippen LogP contribution in [0.4, 0.5) is 0 Å². The maximum atomic E-state index is 11.3. The molecule has 0 aromatic carbocycles. The fourth-order valence-electron chi connectivity index (χ4n) is 0.971. The Hall–Kier alpha value is -0.0900. The summed E-state index contributed by atoms with van der Waals surface area (Å²) in [4.78, 5) is 0. The third-order valence-electron chi connectivity index (χ3n) is 1.04. The monoisotopic (exact) mass is 193 g/mol. The standard InChI is InChI=1S/C8H19NO2S/c1-7(2)9-12(10,11)6-8(3,4)5/h7,9H,6H2,1-5H3. The molecule has 0 spiro atoms. The lowest BCUT2D eigenvalue weighted by Gasteiger charge is -2.19. The molecule has 4 heteroatoms. The Morgan fingerprint density at radius 1 is 1.25 bits per heavy atom. The lowest BCUT2D eigenvalue weighted by molar-refractivity contribution is 0.456. The zero-order valence-electron chi connectivity index (χ0n) is 8.51. The Labute approximate surface area is 75.6 Å². The summed E-state index contributed by atoms with van der Waals surface area (Å²) in [5.74, 6) is 0.179. The van der Waals surface area contributed by atoms with Crippen LogP contribution in [0, 0.1) is 5.41 Å². The average molecular weight is 193 g/mol. The summed E-state index contributed by atoms with van der Waals surface area (Å²) in [6.07, 6.45) is 0. The Morgan fingerprint density at radius 2 is 1.67 bits per heavy atom. The quantitative estimate of drug-likeness (QED) is 0.735.